The van der Waals surface area contributed by atoms with Crippen molar-refractivity contribution in [3.05, 3.63) is 52.6 Å². The molecular weight excluding hydrogens is 284 g/mol. The van der Waals surface area contributed by atoms with E-state index in [4.69, 9.17) is 4.42 Å². The molecule has 1 atom stereocenters. The SMILES string of the molecule is O=C(/C=C/c1ccoc1)NC[C@H](c1ccsc1)N1CCC1. The van der Waals surface area contributed by atoms with Gasteiger partial charge in [-0.3, -0.25) is 9.69 Å². The van der Waals surface area contributed by atoms with E-state index in [9.17, 15) is 4.79 Å². The van der Waals surface area contributed by atoms with Gasteiger partial charge in [-0.15, -0.1) is 0 Å². The van der Waals surface area contributed by atoms with E-state index < -0.39 is 0 Å². The maximum Gasteiger partial charge on any atom is 0.244 e. The number of rotatable bonds is 6. The molecule has 110 valence electrons. The summed E-state index contributed by atoms with van der Waals surface area (Å²) in [5.74, 6) is -0.0723. The summed E-state index contributed by atoms with van der Waals surface area (Å²) in [4.78, 5) is 14.3. The first-order valence-corrected chi connectivity index (χ1v) is 8.01. The lowest BCUT2D eigenvalue weighted by Gasteiger charge is -2.38. The number of likely N-dealkylation sites (tertiary alicyclic amines) is 1. The van der Waals surface area contributed by atoms with Crippen molar-refractivity contribution in [1.29, 1.82) is 0 Å². The Morgan fingerprint density at radius 1 is 1.48 bits per heavy atom. The second-order valence-corrected chi connectivity index (χ2v) is 5.88. The van der Waals surface area contributed by atoms with Crippen LogP contribution >= 0.6 is 11.3 Å². The zero-order valence-corrected chi connectivity index (χ0v) is 12.5. The van der Waals surface area contributed by atoms with Crippen LogP contribution in [0.15, 0.2) is 45.9 Å². The van der Waals surface area contributed by atoms with Crippen molar-refractivity contribution in [3.8, 4) is 0 Å². The second-order valence-electron chi connectivity index (χ2n) is 5.10. The summed E-state index contributed by atoms with van der Waals surface area (Å²) in [6, 6.07) is 4.25. The molecule has 2 aromatic heterocycles. The monoisotopic (exact) mass is 302 g/mol. The van der Waals surface area contributed by atoms with Crippen LogP contribution in [-0.2, 0) is 4.79 Å². The molecule has 4 nitrogen and oxygen atoms in total. The number of thiophene rings is 1. The average Bonchev–Trinajstić information content (AvgIpc) is 3.10. The predicted octanol–water partition coefficient (Wildman–Crippen LogP) is 2.92. The molecule has 1 aliphatic heterocycles. The largest absolute Gasteiger partial charge is 0.472 e. The summed E-state index contributed by atoms with van der Waals surface area (Å²) in [5, 5.41) is 7.24. The molecule has 0 saturated carbocycles. The number of nitrogens with one attached hydrogen (secondary N) is 1. The van der Waals surface area contributed by atoms with Crippen molar-refractivity contribution in [1.82, 2.24) is 10.2 Å². The van der Waals surface area contributed by atoms with Crippen LogP contribution in [-0.4, -0.2) is 30.4 Å². The standard InChI is InChI=1S/C16H18N2O2S/c19-16(3-2-13-4-8-20-11-13)17-10-15(18-6-1-7-18)14-5-9-21-12-14/h2-5,8-9,11-12,15H,1,6-7,10H2,(H,17,19)/b3-2+/t15-/m1/s1. The fraction of sp³-hybridized carbons (Fsp3) is 0.312. The van der Waals surface area contributed by atoms with Gasteiger partial charge in [-0.05, 0) is 41.0 Å². The lowest BCUT2D eigenvalue weighted by Crippen LogP contribution is -2.44. The van der Waals surface area contributed by atoms with Gasteiger partial charge in [-0.25, -0.2) is 0 Å². The van der Waals surface area contributed by atoms with E-state index in [0.717, 1.165) is 18.7 Å². The number of hydrogen-bond acceptors (Lipinski definition) is 4. The Morgan fingerprint density at radius 3 is 3.00 bits per heavy atom. The van der Waals surface area contributed by atoms with Gasteiger partial charge in [-0.2, -0.15) is 11.3 Å². The lowest BCUT2D eigenvalue weighted by molar-refractivity contribution is -0.116. The van der Waals surface area contributed by atoms with Crippen LogP contribution < -0.4 is 5.32 Å². The zero-order valence-electron chi connectivity index (χ0n) is 11.7. The summed E-state index contributed by atoms with van der Waals surface area (Å²) in [6.07, 6.45) is 7.74. The van der Waals surface area contributed by atoms with Gasteiger partial charge in [-0.1, -0.05) is 0 Å². The summed E-state index contributed by atoms with van der Waals surface area (Å²) >= 11 is 1.70. The number of nitrogens with zero attached hydrogens (tertiary/aromatic N) is 1. The molecule has 0 aromatic carbocycles. The normalized spacial score (nSPS) is 16.8. The van der Waals surface area contributed by atoms with Crippen molar-refractivity contribution >= 4 is 23.3 Å². The number of hydrogen-bond donors (Lipinski definition) is 1. The first-order chi connectivity index (χ1) is 10.3. The molecule has 2 aromatic rings. The van der Waals surface area contributed by atoms with Crippen LogP contribution in [0.25, 0.3) is 6.08 Å². The average molecular weight is 302 g/mol. The van der Waals surface area contributed by atoms with Gasteiger partial charge in [0.1, 0.15) is 0 Å². The van der Waals surface area contributed by atoms with Crippen LogP contribution in [0.3, 0.4) is 0 Å². The van der Waals surface area contributed by atoms with Crippen LogP contribution in [0.2, 0.25) is 0 Å². The molecule has 1 amide bonds. The number of carbonyl (C=O) groups is 1. The van der Waals surface area contributed by atoms with Gasteiger partial charge in [0.2, 0.25) is 5.91 Å². The highest BCUT2D eigenvalue weighted by atomic mass is 32.1. The molecule has 0 radical (unpaired) electrons. The fourth-order valence-electron chi connectivity index (χ4n) is 2.37. The minimum absolute atomic E-state index is 0.0723. The van der Waals surface area contributed by atoms with Crippen molar-refractivity contribution in [3.63, 3.8) is 0 Å². The Balaban J connectivity index is 1.55. The van der Waals surface area contributed by atoms with E-state index in [1.54, 1.807) is 36.0 Å². The summed E-state index contributed by atoms with van der Waals surface area (Å²) in [7, 11) is 0. The van der Waals surface area contributed by atoms with Gasteiger partial charge >= 0.3 is 0 Å². The fourth-order valence-corrected chi connectivity index (χ4v) is 3.08. The Kier molecular flexibility index (Phi) is 4.52. The summed E-state index contributed by atoms with van der Waals surface area (Å²) in [6.45, 7) is 2.87. The molecule has 1 saturated heterocycles. The topological polar surface area (TPSA) is 45.5 Å². The quantitative estimate of drug-likeness (QED) is 0.835. The molecule has 21 heavy (non-hydrogen) atoms. The molecule has 3 heterocycles. The van der Waals surface area contributed by atoms with E-state index in [2.05, 4.69) is 27.0 Å². The molecule has 0 aliphatic carbocycles. The molecule has 1 aliphatic rings. The third-order valence-corrected chi connectivity index (χ3v) is 4.40. The third kappa shape index (κ3) is 3.62. The van der Waals surface area contributed by atoms with Crippen molar-refractivity contribution in [2.75, 3.05) is 19.6 Å². The van der Waals surface area contributed by atoms with Crippen LogP contribution in [0.4, 0.5) is 0 Å². The molecule has 0 bridgehead atoms. The highest BCUT2D eigenvalue weighted by Crippen LogP contribution is 2.26. The van der Waals surface area contributed by atoms with Gasteiger partial charge < -0.3 is 9.73 Å². The number of carbonyl (C=O) groups excluding carboxylic acids is 1. The zero-order chi connectivity index (χ0) is 14.5. The van der Waals surface area contributed by atoms with Gasteiger partial charge in [0.05, 0.1) is 18.6 Å². The van der Waals surface area contributed by atoms with E-state index >= 15 is 0 Å². The highest BCUT2D eigenvalue weighted by Gasteiger charge is 2.25. The van der Waals surface area contributed by atoms with Gasteiger partial charge in [0.25, 0.3) is 0 Å². The second kappa shape index (κ2) is 6.74. The number of furan rings is 1. The lowest BCUT2D eigenvalue weighted by atomic mass is 10.0. The van der Waals surface area contributed by atoms with Crippen LogP contribution in [0, 0.1) is 0 Å². The van der Waals surface area contributed by atoms with Crippen LogP contribution in [0.5, 0.6) is 0 Å². The van der Waals surface area contributed by atoms with Crippen LogP contribution in [0.1, 0.15) is 23.6 Å². The minimum Gasteiger partial charge on any atom is -0.472 e. The van der Waals surface area contributed by atoms with E-state index in [-0.39, 0.29) is 11.9 Å². The molecule has 0 spiro atoms. The summed E-state index contributed by atoms with van der Waals surface area (Å²) in [5.41, 5.74) is 2.18. The Labute approximate surface area is 128 Å². The molecule has 3 rings (SSSR count). The van der Waals surface area contributed by atoms with Crippen molar-refractivity contribution in [2.24, 2.45) is 0 Å². The van der Waals surface area contributed by atoms with Gasteiger partial charge in [0, 0.05) is 31.3 Å². The molecule has 1 fully saturated rings. The number of amides is 1. The maximum atomic E-state index is 11.9. The smallest absolute Gasteiger partial charge is 0.244 e. The Hall–Kier alpha value is -1.85. The minimum atomic E-state index is -0.0723. The Bertz CT molecular complexity index is 586. The van der Waals surface area contributed by atoms with E-state index in [0.29, 0.717) is 6.54 Å². The predicted molar refractivity (Wildman–Crippen MR) is 84.0 cm³/mol. The van der Waals surface area contributed by atoms with Gasteiger partial charge in [0.15, 0.2) is 0 Å². The first-order valence-electron chi connectivity index (χ1n) is 7.07. The maximum absolute atomic E-state index is 11.9. The molecule has 1 N–H and O–H groups in total. The first kappa shape index (κ1) is 14.1. The molecule has 5 heteroatoms. The molecule has 0 unspecified atom stereocenters. The molecular formula is C16H18N2O2S. The summed E-state index contributed by atoms with van der Waals surface area (Å²) < 4.78 is 4.96. The third-order valence-electron chi connectivity index (χ3n) is 3.70. The van der Waals surface area contributed by atoms with Crippen molar-refractivity contribution in [2.45, 2.75) is 12.5 Å². The van der Waals surface area contributed by atoms with Crippen molar-refractivity contribution < 1.29 is 9.21 Å². The Morgan fingerprint density at radius 2 is 2.38 bits per heavy atom. The van der Waals surface area contributed by atoms with E-state index in [1.165, 1.54) is 12.0 Å². The highest BCUT2D eigenvalue weighted by molar-refractivity contribution is 7.07. The van der Waals surface area contributed by atoms with E-state index in [1.807, 2.05) is 6.07 Å².